The molecule has 17 heavy (non-hydrogen) atoms. The minimum Gasteiger partial charge on any atom is -0.469 e. The third-order valence-electron chi connectivity index (χ3n) is 3.99. The van der Waals surface area contributed by atoms with Crippen LogP contribution in [0.25, 0.3) is 0 Å². The maximum Gasteiger partial charge on any atom is 0.105 e. The van der Waals surface area contributed by atoms with E-state index >= 15 is 0 Å². The van der Waals surface area contributed by atoms with E-state index in [-0.39, 0.29) is 0 Å². The molecule has 3 nitrogen and oxygen atoms in total. The van der Waals surface area contributed by atoms with E-state index in [1.54, 1.807) is 6.26 Å². The summed E-state index contributed by atoms with van der Waals surface area (Å²) in [7, 11) is 2.20. The third kappa shape index (κ3) is 2.90. The molecule has 0 spiro atoms. The Morgan fingerprint density at radius 2 is 2.35 bits per heavy atom. The summed E-state index contributed by atoms with van der Waals surface area (Å²) in [5.41, 5.74) is 1.64. The highest BCUT2D eigenvalue weighted by molar-refractivity contribution is 5.15. The Kier molecular flexibility index (Phi) is 3.89. The molecule has 1 unspecified atom stereocenters. The van der Waals surface area contributed by atoms with E-state index in [0.29, 0.717) is 5.54 Å². The Hall–Kier alpha value is -0.800. The largest absolute Gasteiger partial charge is 0.469 e. The summed E-state index contributed by atoms with van der Waals surface area (Å²) in [5.74, 6) is 1.04. The average molecular weight is 236 g/mol. The summed E-state index contributed by atoms with van der Waals surface area (Å²) in [6, 6.07) is 2.08. The first-order valence-corrected chi connectivity index (χ1v) is 6.62. The van der Waals surface area contributed by atoms with Gasteiger partial charge in [-0.25, -0.2) is 0 Å². The molecule has 1 aromatic heterocycles. The van der Waals surface area contributed by atoms with Gasteiger partial charge in [-0.1, -0.05) is 6.92 Å². The first-order valence-electron chi connectivity index (χ1n) is 6.62. The zero-order valence-electron chi connectivity index (χ0n) is 11.3. The van der Waals surface area contributed by atoms with Gasteiger partial charge < -0.3 is 14.6 Å². The molecule has 1 N–H and O–H groups in total. The van der Waals surface area contributed by atoms with Crippen molar-refractivity contribution in [2.75, 3.05) is 20.1 Å². The molecule has 0 aliphatic carbocycles. The van der Waals surface area contributed by atoms with E-state index in [0.717, 1.165) is 18.8 Å². The van der Waals surface area contributed by atoms with Crippen LogP contribution < -0.4 is 5.32 Å². The van der Waals surface area contributed by atoms with Crippen molar-refractivity contribution in [3.8, 4) is 0 Å². The van der Waals surface area contributed by atoms with Crippen LogP contribution in [0.4, 0.5) is 0 Å². The fraction of sp³-hybridized carbons (Fsp3) is 0.714. The topological polar surface area (TPSA) is 28.4 Å². The number of hydrogen-bond acceptors (Lipinski definition) is 3. The molecule has 1 aliphatic heterocycles. The third-order valence-corrected chi connectivity index (χ3v) is 3.99. The second kappa shape index (κ2) is 5.23. The van der Waals surface area contributed by atoms with E-state index in [1.807, 2.05) is 6.92 Å². The number of furan rings is 1. The van der Waals surface area contributed by atoms with Crippen molar-refractivity contribution in [2.24, 2.45) is 0 Å². The number of likely N-dealkylation sites (N-methyl/N-ethyl adjacent to an activating group) is 1. The number of rotatable bonds is 5. The molecular formula is C14H24N2O. The molecule has 1 saturated heterocycles. The molecule has 0 saturated carbocycles. The van der Waals surface area contributed by atoms with Crippen molar-refractivity contribution < 1.29 is 4.42 Å². The van der Waals surface area contributed by atoms with Gasteiger partial charge in [0.1, 0.15) is 5.76 Å². The summed E-state index contributed by atoms with van der Waals surface area (Å²) in [5, 5.41) is 3.68. The lowest BCUT2D eigenvalue weighted by molar-refractivity contribution is 0.213. The van der Waals surface area contributed by atoms with Gasteiger partial charge in [0, 0.05) is 24.2 Å². The molecule has 0 radical (unpaired) electrons. The molecule has 0 amide bonds. The zero-order valence-corrected chi connectivity index (χ0v) is 11.3. The Labute approximate surface area is 104 Å². The van der Waals surface area contributed by atoms with Gasteiger partial charge in [0.15, 0.2) is 0 Å². The fourth-order valence-corrected chi connectivity index (χ4v) is 2.86. The zero-order chi connectivity index (χ0) is 12.3. The van der Waals surface area contributed by atoms with Crippen molar-refractivity contribution in [3.05, 3.63) is 23.7 Å². The lowest BCUT2D eigenvalue weighted by atomic mass is 9.93. The molecule has 0 bridgehead atoms. The molecule has 0 aromatic carbocycles. The molecule has 1 aliphatic rings. The van der Waals surface area contributed by atoms with Crippen LogP contribution in [0.1, 0.15) is 37.5 Å². The Bertz CT molecular complexity index is 353. The average Bonchev–Trinajstić information content (AvgIpc) is 2.90. The SMILES string of the molecule is CCC1(CN(C)Cc2ccoc2C)CCCN1. The highest BCUT2D eigenvalue weighted by atomic mass is 16.3. The molecule has 2 heterocycles. The van der Waals surface area contributed by atoms with Crippen molar-refractivity contribution in [3.63, 3.8) is 0 Å². The summed E-state index contributed by atoms with van der Waals surface area (Å²) in [6.45, 7) is 7.59. The van der Waals surface area contributed by atoms with E-state index in [1.165, 1.54) is 31.4 Å². The first kappa shape index (κ1) is 12.7. The van der Waals surface area contributed by atoms with Crippen LogP contribution in [0.15, 0.2) is 16.7 Å². The van der Waals surface area contributed by atoms with Gasteiger partial charge in [0.05, 0.1) is 6.26 Å². The van der Waals surface area contributed by atoms with E-state index in [4.69, 9.17) is 4.42 Å². The maximum atomic E-state index is 5.34. The van der Waals surface area contributed by atoms with E-state index in [2.05, 4.69) is 30.3 Å². The second-order valence-electron chi connectivity index (χ2n) is 5.34. The number of nitrogens with zero attached hydrogens (tertiary/aromatic N) is 1. The van der Waals surface area contributed by atoms with Gasteiger partial charge in [0.25, 0.3) is 0 Å². The summed E-state index contributed by atoms with van der Waals surface area (Å²) in [6.07, 6.45) is 5.61. The number of hydrogen-bond donors (Lipinski definition) is 1. The molecular weight excluding hydrogens is 212 g/mol. The van der Waals surface area contributed by atoms with Gasteiger partial charge in [-0.3, -0.25) is 0 Å². The van der Waals surface area contributed by atoms with E-state index in [9.17, 15) is 0 Å². The molecule has 1 atom stereocenters. The smallest absolute Gasteiger partial charge is 0.105 e. The quantitative estimate of drug-likeness (QED) is 0.851. The Morgan fingerprint density at radius 1 is 1.53 bits per heavy atom. The minimum atomic E-state index is 0.340. The van der Waals surface area contributed by atoms with Crippen molar-refractivity contribution in [1.29, 1.82) is 0 Å². The summed E-state index contributed by atoms with van der Waals surface area (Å²) in [4.78, 5) is 2.40. The second-order valence-corrected chi connectivity index (χ2v) is 5.34. The van der Waals surface area contributed by atoms with Crippen LogP contribution in [-0.4, -0.2) is 30.6 Å². The predicted octanol–water partition coefficient (Wildman–Crippen LogP) is 2.55. The van der Waals surface area contributed by atoms with E-state index < -0.39 is 0 Å². The highest BCUT2D eigenvalue weighted by Crippen LogP contribution is 2.24. The molecule has 3 heteroatoms. The monoisotopic (exact) mass is 236 g/mol. The fourth-order valence-electron chi connectivity index (χ4n) is 2.86. The first-order chi connectivity index (χ1) is 8.15. The van der Waals surface area contributed by atoms with Crippen LogP contribution in [-0.2, 0) is 6.54 Å². The molecule has 2 rings (SSSR count). The molecule has 1 fully saturated rings. The van der Waals surface area contributed by atoms with Crippen LogP contribution in [0.5, 0.6) is 0 Å². The van der Waals surface area contributed by atoms with Crippen LogP contribution in [0, 0.1) is 6.92 Å². The molecule has 1 aromatic rings. The number of nitrogens with one attached hydrogen (secondary N) is 1. The van der Waals surface area contributed by atoms with Gasteiger partial charge in [0.2, 0.25) is 0 Å². The normalized spacial score (nSPS) is 24.7. The minimum absolute atomic E-state index is 0.340. The standard InChI is InChI=1S/C14H24N2O/c1-4-14(7-5-8-15-14)11-16(3)10-13-6-9-17-12(13)2/h6,9,15H,4-5,7-8,10-11H2,1-3H3. The van der Waals surface area contributed by atoms with Gasteiger partial charge in [-0.15, -0.1) is 0 Å². The summed E-state index contributed by atoms with van der Waals surface area (Å²) < 4.78 is 5.34. The Balaban J connectivity index is 1.92. The lowest BCUT2D eigenvalue weighted by Crippen LogP contribution is -2.48. The molecule has 96 valence electrons. The van der Waals surface area contributed by atoms with Gasteiger partial charge in [-0.05, 0) is 45.8 Å². The van der Waals surface area contributed by atoms with Crippen LogP contribution >= 0.6 is 0 Å². The van der Waals surface area contributed by atoms with Crippen LogP contribution in [0.2, 0.25) is 0 Å². The van der Waals surface area contributed by atoms with Crippen molar-refractivity contribution in [2.45, 2.75) is 45.2 Å². The van der Waals surface area contributed by atoms with Crippen molar-refractivity contribution >= 4 is 0 Å². The lowest BCUT2D eigenvalue weighted by Gasteiger charge is -2.33. The van der Waals surface area contributed by atoms with Gasteiger partial charge in [-0.2, -0.15) is 0 Å². The van der Waals surface area contributed by atoms with Crippen molar-refractivity contribution in [1.82, 2.24) is 10.2 Å². The Morgan fingerprint density at radius 3 is 2.88 bits per heavy atom. The predicted molar refractivity (Wildman–Crippen MR) is 70.0 cm³/mol. The highest BCUT2D eigenvalue weighted by Gasteiger charge is 2.32. The van der Waals surface area contributed by atoms with Crippen LogP contribution in [0.3, 0.4) is 0 Å². The number of aryl methyl sites for hydroxylation is 1. The maximum absolute atomic E-state index is 5.34. The van der Waals surface area contributed by atoms with Gasteiger partial charge >= 0.3 is 0 Å². The summed E-state index contributed by atoms with van der Waals surface area (Å²) >= 11 is 0.